The number of carbonyl (C=O) groups excluding carboxylic acids is 2. The van der Waals surface area contributed by atoms with Gasteiger partial charge in [0, 0.05) is 17.7 Å². The number of Topliss-reactive ketones (excluding diaryl/α,β-unsaturated/α-hetero) is 2. The molecule has 0 unspecified atom stereocenters. The second kappa shape index (κ2) is 5.36. The van der Waals surface area contributed by atoms with Gasteiger partial charge in [-0.25, -0.2) is 0 Å². The number of ketones is 2. The summed E-state index contributed by atoms with van der Waals surface area (Å²) >= 11 is 1.41. The van der Waals surface area contributed by atoms with Crippen molar-refractivity contribution in [1.82, 2.24) is 0 Å². The summed E-state index contributed by atoms with van der Waals surface area (Å²) in [6.45, 7) is 3.80. The van der Waals surface area contributed by atoms with Crippen LogP contribution in [0.25, 0.3) is 10.4 Å². The Bertz CT molecular complexity index is 805. The highest BCUT2D eigenvalue weighted by molar-refractivity contribution is 7.13. The number of anilines is 1. The molecule has 1 fully saturated rings. The van der Waals surface area contributed by atoms with Gasteiger partial charge >= 0.3 is 0 Å². The Hall–Kier alpha value is -2.39. The lowest BCUT2D eigenvalue weighted by Crippen LogP contribution is -2.36. The number of hydrogen-bond donors (Lipinski definition) is 1. The van der Waals surface area contributed by atoms with E-state index in [0.29, 0.717) is 18.4 Å². The van der Waals surface area contributed by atoms with Crippen LogP contribution in [0.5, 0.6) is 0 Å². The minimum atomic E-state index is -0.968. The van der Waals surface area contributed by atoms with Crippen LogP contribution in [-0.4, -0.2) is 11.6 Å². The van der Waals surface area contributed by atoms with Crippen molar-refractivity contribution in [3.8, 4) is 16.5 Å². The quantitative estimate of drug-likeness (QED) is 0.851. The van der Waals surface area contributed by atoms with Crippen LogP contribution in [0.4, 0.5) is 5.88 Å². The molecule has 2 aromatic heterocycles. The fourth-order valence-electron chi connectivity index (χ4n) is 3.13. The second-order valence-corrected chi connectivity index (χ2v) is 7.50. The SMILES string of the molecule is CC1(C)CC(=O)C(c2oc(N)c(C#N)c2-c2cccs2)C(=O)C1. The van der Waals surface area contributed by atoms with Gasteiger partial charge in [-0.2, -0.15) is 5.26 Å². The van der Waals surface area contributed by atoms with E-state index >= 15 is 0 Å². The Kier molecular flexibility index (Phi) is 3.61. The van der Waals surface area contributed by atoms with E-state index in [1.54, 1.807) is 0 Å². The summed E-state index contributed by atoms with van der Waals surface area (Å²) in [5.74, 6) is -1.16. The first-order valence-electron chi connectivity index (χ1n) is 7.25. The van der Waals surface area contributed by atoms with Gasteiger partial charge in [0.2, 0.25) is 5.88 Å². The standard InChI is InChI=1S/C17H16N2O3S/c1-17(2)6-10(20)14(11(21)7-17)15-13(12-4-3-5-23-12)9(8-18)16(19)22-15/h3-5,14H,6-7,19H2,1-2H3. The van der Waals surface area contributed by atoms with E-state index in [-0.39, 0.29) is 34.2 Å². The summed E-state index contributed by atoms with van der Waals surface area (Å²) in [6, 6.07) is 5.68. The average molecular weight is 328 g/mol. The lowest BCUT2D eigenvalue weighted by atomic mass is 9.70. The van der Waals surface area contributed by atoms with Gasteiger partial charge in [0.05, 0.1) is 5.56 Å². The van der Waals surface area contributed by atoms with Crippen LogP contribution in [0.15, 0.2) is 21.9 Å². The zero-order valence-electron chi connectivity index (χ0n) is 12.9. The number of hydrogen-bond acceptors (Lipinski definition) is 6. The van der Waals surface area contributed by atoms with E-state index < -0.39 is 5.92 Å². The van der Waals surface area contributed by atoms with Gasteiger partial charge in [0.25, 0.3) is 0 Å². The van der Waals surface area contributed by atoms with Crippen molar-refractivity contribution in [1.29, 1.82) is 5.26 Å². The van der Waals surface area contributed by atoms with Crippen molar-refractivity contribution < 1.29 is 14.0 Å². The zero-order chi connectivity index (χ0) is 16.8. The van der Waals surface area contributed by atoms with Crippen molar-refractivity contribution in [3.63, 3.8) is 0 Å². The van der Waals surface area contributed by atoms with Crippen molar-refractivity contribution in [3.05, 3.63) is 28.8 Å². The third kappa shape index (κ3) is 2.57. The Morgan fingerprint density at radius 1 is 1.35 bits per heavy atom. The number of rotatable bonds is 2. The fourth-order valence-corrected chi connectivity index (χ4v) is 3.91. The van der Waals surface area contributed by atoms with Crippen LogP contribution in [0.3, 0.4) is 0 Å². The summed E-state index contributed by atoms with van der Waals surface area (Å²) in [6.07, 6.45) is 0.603. The number of thiophene rings is 1. The van der Waals surface area contributed by atoms with Crippen molar-refractivity contribution in [2.24, 2.45) is 5.41 Å². The maximum absolute atomic E-state index is 12.6. The molecule has 0 bridgehead atoms. The molecule has 0 aromatic carbocycles. The molecule has 118 valence electrons. The van der Waals surface area contributed by atoms with Gasteiger partial charge in [0.15, 0.2) is 11.6 Å². The Morgan fingerprint density at radius 2 is 2.00 bits per heavy atom. The average Bonchev–Trinajstić information content (AvgIpc) is 3.03. The molecule has 5 nitrogen and oxygen atoms in total. The van der Waals surface area contributed by atoms with Gasteiger partial charge in [-0.05, 0) is 16.9 Å². The number of nitrogens with zero attached hydrogens (tertiary/aromatic N) is 1. The van der Waals surface area contributed by atoms with Crippen LogP contribution in [-0.2, 0) is 9.59 Å². The van der Waals surface area contributed by atoms with Crippen LogP contribution >= 0.6 is 11.3 Å². The van der Waals surface area contributed by atoms with E-state index in [1.165, 1.54) is 11.3 Å². The lowest BCUT2D eigenvalue weighted by molar-refractivity contribution is -0.136. The van der Waals surface area contributed by atoms with E-state index in [9.17, 15) is 14.9 Å². The Labute approximate surface area is 137 Å². The lowest BCUT2D eigenvalue weighted by Gasteiger charge is -2.31. The minimum Gasteiger partial charge on any atom is -0.443 e. The van der Waals surface area contributed by atoms with Crippen LogP contribution < -0.4 is 5.73 Å². The molecule has 0 saturated heterocycles. The normalized spacial score (nSPS) is 18.1. The minimum absolute atomic E-state index is 0.0451. The molecule has 3 rings (SSSR count). The Morgan fingerprint density at radius 3 is 2.52 bits per heavy atom. The van der Waals surface area contributed by atoms with Gasteiger partial charge in [-0.15, -0.1) is 11.3 Å². The molecule has 2 N–H and O–H groups in total. The predicted octanol–water partition coefficient (Wildman–Crippen LogP) is 3.50. The van der Waals surface area contributed by atoms with Crippen LogP contribution in [0.2, 0.25) is 0 Å². The van der Waals surface area contributed by atoms with E-state index in [0.717, 1.165) is 4.88 Å². The molecule has 0 aliphatic heterocycles. The summed E-state index contributed by atoms with van der Waals surface area (Å²) in [5, 5.41) is 11.2. The van der Waals surface area contributed by atoms with E-state index in [1.807, 2.05) is 37.4 Å². The molecule has 6 heteroatoms. The summed E-state index contributed by atoms with van der Waals surface area (Å²) in [7, 11) is 0. The molecule has 1 aliphatic rings. The first kappa shape index (κ1) is 15.5. The monoisotopic (exact) mass is 328 g/mol. The number of carbonyl (C=O) groups is 2. The molecular formula is C17H16N2O3S. The molecular weight excluding hydrogens is 312 g/mol. The highest BCUT2D eigenvalue weighted by atomic mass is 32.1. The van der Waals surface area contributed by atoms with Crippen LogP contribution in [0, 0.1) is 16.7 Å². The molecule has 0 radical (unpaired) electrons. The van der Waals surface area contributed by atoms with E-state index in [4.69, 9.17) is 10.2 Å². The molecule has 23 heavy (non-hydrogen) atoms. The van der Waals surface area contributed by atoms with Gasteiger partial charge < -0.3 is 10.2 Å². The maximum Gasteiger partial charge on any atom is 0.209 e. The summed E-state index contributed by atoms with van der Waals surface area (Å²) in [4.78, 5) is 25.9. The number of nitrogens with two attached hydrogens (primary N) is 1. The molecule has 2 heterocycles. The van der Waals surface area contributed by atoms with E-state index in [2.05, 4.69) is 0 Å². The Balaban J connectivity index is 2.16. The predicted molar refractivity (Wildman–Crippen MR) is 86.9 cm³/mol. The highest BCUT2D eigenvalue weighted by Gasteiger charge is 2.44. The topological polar surface area (TPSA) is 97.1 Å². The third-order valence-corrected chi connectivity index (χ3v) is 4.94. The summed E-state index contributed by atoms with van der Waals surface area (Å²) in [5.41, 5.74) is 6.13. The van der Waals surface area contributed by atoms with Crippen molar-refractivity contribution in [2.75, 3.05) is 5.73 Å². The summed E-state index contributed by atoms with van der Waals surface area (Å²) < 4.78 is 5.53. The van der Waals surface area contributed by atoms with Crippen molar-refractivity contribution >= 4 is 28.8 Å². The van der Waals surface area contributed by atoms with Gasteiger partial charge in [-0.3, -0.25) is 9.59 Å². The second-order valence-electron chi connectivity index (χ2n) is 6.55. The molecule has 1 aliphatic carbocycles. The first-order valence-corrected chi connectivity index (χ1v) is 8.13. The van der Waals surface area contributed by atoms with Crippen molar-refractivity contribution in [2.45, 2.75) is 32.6 Å². The number of nitriles is 1. The number of furan rings is 1. The third-order valence-electron chi connectivity index (χ3n) is 4.05. The number of nitrogen functional groups attached to an aromatic ring is 1. The first-order chi connectivity index (χ1) is 10.8. The molecule has 0 atom stereocenters. The fraction of sp³-hybridized carbons (Fsp3) is 0.353. The zero-order valence-corrected chi connectivity index (χ0v) is 13.7. The molecule has 0 spiro atoms. The molecule has 2 aromatic rings. The van der Waals surface area contributed by atoms with Gasteiger partial charge in [-0.1, -0.05) is 19.9 Å². The largest absolute Gasteiger partial charge is 0.443 e. The smallest absolute Gasteiger partial charge is 0.209 e. The molecule has 0 amide bonds. The maximum atomic E-state index is 12.6. The highest BCUT2D eigenvalue weighted by Crippen LogP contribution is 2.45. The van der Waals surface area contributed by atoms with Gasteiger partial charge in [0.1, 0.15) is 23.3 Å². The van der Waals surface area contributed by atoms with Crippen LogP contribution in [0.1, 0.15) is 43.9 Å². The molecule has 1 saturated carbocycles.